The fourth-order valence-electron chi connectivity index (χ4n) is 3.81. The second-order valence-electron chi connectivity index (χ2n) is 8.38. The number of carboxylic acid groups (broad SMARTS) is 1. The van der Waals surface area contributed by atoms with Gasteiger partial charge in [0, 0.05) is 17.4 Å². The molecule has 0 aromatic rings. The van der Waals surface area contributed by atoms with Crippen LogP contribution < -0.4 is 0 Å². The number of ether oxygens (including phenoxy) is 1. The Labute approximate surface area is 177 Å². The summed E-state index contributed by atoms with van der Waals surface area (Å²) in [5, 5.41) is 20.1. The van der Waals surface area contributed by atoms with Crippen LogP contribution in [0.5, 0.6) is 0 Å². The minimum Gasteiger partial charge on any atom is -0.478 e. The van der Waals surface area contributed by atoms with Crippen molar-refractivity contribution in [1.82, 2.24) is 0 Å². The van der Waals surface area contributed by atoms with E-state index in [0.29, 0.717) is 11.5 Å². The Bertz CT molecular complexity index is 861. The molecule has 6 nitrogen and oxygen atoms in total. The molecule has 0 bridgehead atoms. The van der Waals surface area contributed by atoms with Crippen molar-refractivity contribution in [1.29, 1.82) is 0 Å². The van der Waals surface area contributed by atoms with Crippen molar-refractivity contribution in [3.05, 3.63) is 60.3 Å². The van der Waals surface area contributed by atoms with Gasteiger partial charge in [0.25, 0.3) is 0 Å². The second-order valence-corrected chi connectivity index (χ2v) is 8.38. The van der Waals surface area contributed by atoms with Crippen LogP contribution >= 0.6 is 0 Å². The Morgan fingerprint density at radius 2 is 2.07 bits per heavy atom. The van der Waals surface area contributed by atoms with Gasteiger partial charge >= 0.3 is 11.9 Å². The fraction of sp³-hybridized carbons (Fsp3) is 0.458. The van der Waals surface area contributed by atoms with Crippen molar-refractivity contribution in [2.75, 3.05) is 0 Å². The van der Waals surface area contributed by atoms with Crippen molar-refractivity contribution < 1.29 is 29.3 Å². The van der Waals surface area contributed by atoms with E-state index in [2.05, 4.69) is 20.4 Å². The average Bonchev–Trinajstić information content (AvgIpc) is 2.69. The Kier molecular flexibility index (Phi) is 7.03. The summed E-state index contributed by atoms with van der Waals surface area (Å²) >= 11 is 0. The largest absolute Gasteiger partial charge is 0.478 e. The summed E-state index contributed by atoms with van der Waals surface area (Å²) in [6.07, 6.45) is 11.7. The molecule has 0 fully saturated rings. The number of allylic oxidation sites excluding steroid dienone is 5. The molecule has 2 aliphatic carbocycles. The lowest BCUT2D eigenvalue weighted by atomic mass is 9.57. The molecule has 2 rings (SSSR count). The van der Waals surface area contributed by atoms with Crippen LogP contribution in [0.15, 0.2) is 60.3 Å². The number of rotatable bonds is 7. The van der Waals surface area contributed by atoms with Crippen molar-refractivity contribution >= 4 is 17.7 Å². The van der Waals surface area contributed by atoms with Crippen molar-refractivity contribution in [2.45, 2.75) is 52.2 Å². The molecule has 0 aromatic carbocycles. The molecule has 0 amide bonds. The molecule has 0 unspecified atom stereocenters. The Hall–Kier alpha value is -2.73. The average molecular weight is 414 g/mol. The lowest BCUT2D eigenvalue weighted by Gasteiger charge is -2.48. The first-order valence-electron chi connectivity index (χ1n) is 10.1. The third-order valence-electron chi connectivity index (χ3n) is 6.38. The van der Waals surface area contributed by atoms with E-state index in [1.165, 1.54) is 12.2 Å². The molecular weight excluding hydrogens is 384 g/mol. The molecule has 2 N–H and O–H groups in total. The summed E-state index contributed by atoms with van der Waals surface area (Å²) in [7, 11) is 0. The molecule has 5 atom stereocenters. The minimum absolute atomic E-state index is 0.150. The molecule has 0 radical (unpaired) electrons. The summed E-state index contributed by atoms with van der Waals surface area (Å²) in [6.45, 7) is 11.2. The third-order valence-corrected chi connectivity index (χ3v) is 6.38. The molecule has 0 heterocycles. The highest BCUT2D eigenvalue weighted by molar-refractivity contribution is 6.08. The van der Waals surface area contributed by atoms with Crippen LogP contribution in [0, 0.1) is 17.3 Å². The van der Waals surface area contributed by atoms with E-state index in [-0.39, 0.29) is 12.3 Å². The molecule has 30 heavy (non-hydrogen) atoms. The first kappa shape index (κ1) is 23.5. The maximum Gasteiger partial charge on any atom is 0.334 e. The van der Waals surface area contributed by atoms with Crippen LogP contribution in [0.25, 0.3) is 0 Å². The van der Waals surface area contributed by atoms with Gasteiger partial charge in [-0.05, 0) is 30.1 Å². The number of carbonyl (C=O) groups is 3. The predicted molar refractivity (Wildman–Crippen MR) is 113 cm³/mol. The zero-order chi connectivity index (χ0) is 22.7. The number of aliphatic hydroxyl groups is 1. The highest BCUT2D eigenvalue weighted by Gasteiger charge is 2.54. The van der Waals surface area contributed by atoms with E-state index in [9.17, 15) is 24.6 Å². The minimum atomic E-state index is -2.20. The topological polar surface area (TPSA) is 101 Å². The van der Waals surface area contributed by atoms with Gasteiger partial charge in [-0.15, -0.1) is 0 Å². The van der Waals surface area contributed by atoms with Crippen molar-refractivity contribution in [2.24, 2.45) is 17.3 Å². The molecule has 2 aliphatic rings. The zero-order valence-electron chi connectivity index (χ0n) is 17.9. The molecule has 0 spiro atoms. The number of esters is 1. The molecule has 0 aromatic heterocycles. The Morgan fingerprint density at radius 1 is 1.40 bits per heavy atom. The van der Waals surface area contributed by atoms with Gasteiger partial charge in [-0.25, -0.2) is 9.59 Å². The Balaban J connectivity index is 2.21. The van der Waals surface area contributed by atoms with Crippen LogP contribution in [0.2, 0.25) is 0 Å². The maximum atomic E-state index is 12.5. The summed E-state index contributed by atoms with van der Waals surface area (Å²) in [6, 6.07) is 0. The van der Waals surface area contributed by atoms with Crippen LogP contribution in [0.3, 0.4) is 0 Å². The standard InChI is InChI=1S/C24H30O6/c1-6-15(2)9-7-8-10-21(26)30-19-12-11-18-13-20(25)24(29,17(4)22(27)28)14-23(18,5)16(19)3/h7-13,15-16,19,29H,4,6,14H2,1-3,5H3,(H,27,28)/t15-,16-,19-,23+,24+/m0/s1. The van der Waals surface area contributed by atoms with Gasteiger partial charge in [-0.2, -0.15) is 0 Å². The number of aliphatic carboxylic acids is 1. The zero-order valence-corrected chi connectivity index (χ0v) is 17.9. The normalized spacial score (nSPS) is 32.0. The number of hydrogen-bond acceptors (Lipinski definition) is 5. The summed E-state index contributed by atoms with van der Waals surface area (Å²) in [5.41, 5.74) is -2.86. The molecule has 6 heteroatoms. The van der Waals surface area contributed by atoms with Crippen molar-refractivity contribution in [3.63, 3.8) is 0 Å². The van der Waals surface area contributed by atoms with Crippen molar-refractivity contribution in [3.8, 4) is 0 Å². The van der Waals surface area contributed by atoms with Crippen LogP contribution in [0.1, 0.15) is 40.5 Å². The van der Waals surface area contributed by atoms with E-state index < -0.39 is 40.4 Å². The number of fused-ring (bicyclic) bond motifs is 1. The monoisotopic (exact) mass is 414 g/mol. The van der Waals surface area contributed by atoms with E-state index in [0.717, 1.165) is 6.42 Å². The summed E-state index contributed by atoms with van der Waals surface area (Å²) in [5.74, 6) is -2.51. The fourth-order valence-corrected chi connectivity index (χ4v) is 3.81. The van der Waals surface area contributed by atoms with Gasteiger partial charge in [0.2, 0.25) is 0 Å². The van der Waals surface area contributed by atoms with Gasteiger partial charge in [0.1, 0.15) is 6.10 Å². The lowest BCUT2D eigenvalue weighted by molar-refractivity contribution is -0.148. The number of carbonyl (C=O) groups excluding carboxylic acids is 2. The van der Waals surface area contributed by atoms with Crippen LogP contribution in [-0.2, 0) is 19.1 Å². The van der Waals surface area contributed by atoms with Gasteiger partial charge < -0.3 is 14.9 Å². The van der Waals surface area contributed by atoms with E-state index >= 15 is 0 Å². The van der Waals surface area contributed by atoms with Crippen LogP contribution in [0.4, 0.5) is 0 Å². The first-order chi connectivity index (χ1) is 14.0. The summed E-state index contributed by atoms with van der Waals surface area (Å²) < 4.78 is 5.58. The number of carboxylic acids is 1. The highest BCUT2D eigenvalue weighted by Crippen LogP contribution is 2.52. The van der Waals surface area contributed by atoms with Gasteiger partial charge in [0.15, 0.2) is 11.4 Å². The molecule has 0 saturated heterocycles. The third kappa shape index (κ3) is 4.54. The van der Waals surface area contributed by atoms with Crippen LogP contribution in [-0.4, -0.2) is 39.6 Å². The lowest BCUT2D eigenvalue weighted by Crippen LogP contribution is -2.53. The molecule has 162 valence electrons. The van der Waals surface area contributed by atoms with Gasteiger partial charge in [-0.3, -0.25) is 4.79 Å². The quantitative estimate of drug-likeness (QED) is 0.375. The highest BCUT2D eigenvalue weighted by atomic mass is 16.5. The van der Waals surface area contributed by atoms with E-state index in [4.69, 9.17) is 4.74 Å². The molecule has 0 aliphatic heterocycles. The molecule has 0 saturated carbocycles. The van der Waals surface area contributed by atoms with Gasteiger partial charge in [-0.1, -0.05) is 65.0 Å². The van der Waals surface area contributed by atoms with Gasteiger partial charge in [0.05, 0.1) is 5.57 Å². The Morgan fingerprint density at radius 3 is 2.67 bits per heavy atom. The number of hydrogen-bond donors (Lipinski definition) is 2. The smallest absolute Gasteiger partial charge is 0.334 e. The van der Waals surface area contributed by atoms with E-state index in [1.54, 1.807) is 18.2 Å². The predicted octanol–water partition coefficient (Wildman–Crippen LogP) is 3.54. The summed E-state index contributed by atoms with van der Waals surface area (Å²) in [4.78, 5) is 36.0. The first-order valence-corrected chi connectivity index (χ1v) is 10.1. The number of ketones is 1. The maximum absolute atomic E-state index is 12.5. The van der Waals surface area contributed by atoms with E-state index in [1.807, 2.05) is 26.0 Å². The SMILES string of the molecule is C=C(C(=O)O)[C@]1(O)C[C@@]2(C)C(=CC1=O)C=C[C@H](OC(=O)C=CC=C[C@@H](C)CC)[C@@H]2C. The second kappa shape index (κ2) is 8.96. The molecular formula is C24H30O6.